The summed E-state index contributed by atoms with van der Waals surface area (Å²) in [6.45, 7) is 7.68. The lowest BCUT2D eigenvalue weighted by molar-refractivity contribution is 0.0714. The number of aromatic nitrogens is 1. The molecule has 0 spiro atoms. The zero-order chi connectivity index (χ0) is 16.6. The molecule has 0 saturated carbocycles. The number of aryl methyl sites for hydroxylation is 2. The van der Waals surface area contributed by atoms with Crippen LogP contribution in [0.1, 0.15) is 40.2 Å². The van der Waals surface area contributed by atoms with E-state index >= 15 is 0 Å². The minimum atomic E-state index is 0.129. The minimum absolute atomic E-state index is 0.129. The molecule has 0 atom stereocenters. The molecule has 3 rings (SSSR count). The van der Waals surface area contributed by atoms with Crippen LogP contribution in [0.5, 0.6) is 0 Å². The first-order valence-corrected chi connectivity index (χ1v) is 8.28. The smallest absolute Gasteiger partial charge is 0.255 e. The van der Waals surface area contributed by atoms with Gasteiger partial charge >= 0.3 is 0 Å². The van der Waals surface area contributed by atoms with Crippen molar-refractivity contribution < 1.29 is 4.79 Å². The number of likely N-dealkylation sites (tertiary alicyclic amines) is 1. The molecule has 1 saturated heterocycles. The number of nitrogens with two attached hydrogens (primary N) is 1. The number of carbonyl (C=O) groups is 1. The summed E-state index contributed by atoms with van der Waals surface area (Å²) in [7, 11) is 0. The molecule has 0 aliphatic carbocycles. The summed E-state index contributed by atoms with van der Waals surface area (Å²) in [5.74, 6) is 0.129. The Morgan fingerprint density at radius 1 is 1.13 bits per heavy atom. The highest BCUT2D eigenvalue weighted by molar-refractivity contribution is 5.96. The molecule has 1 aliphatic heterocycles. The molecular weight excluding hydrogens is 286 g/mol. The van der Waals surface area contributed by atoms with Gasteiger partial charge in [-0.2, -0.15) is 0 Å². The first-order valence-electron chi connectivity index (χ1n) is 8.28. The lowest BCUT2D eigenvalue weighted by Gasteiger charge is -2.30. The van der Waals surface area contributed by atoms with E-state index in [1.807, 2.05) is 17.9 Å². The van der Waals surface area contributed by atoms with Crippen LogP contribution < -0.4 is 5.73 Å². The second-order valence-electron chi connectivity index (χ2n) is 6.59. The molecular formula is C19H25N3O. The number of amides is 1. The third kappa shape index (κ3) is 3.04. The second kappa shape index (κ2) is 6.20. The Kier molecular flexibility index (Phi) is 4.26. The molecule has 122 valence electrons. The van der Waals surface area contributed by atoms with Crippen LogP contribution in [0.2, 0.25) is 0 Å². The normalized spacial score (nSPS) is 15.9. The Labute approximate surface area is 137 Å². The van der Waals surface area contributed by atoms with Crippen LogP contribution in [-0.2, 0) is 0 Å². The van der Waals surface area contributed by atoms with Crippen LogP contribution in [0, 0.1) is 20.8 Å². The Hall–Kier alpha value is -2.07. The van der Waals surface area contributed by atoms with E-state index in [2.05, 4.69) is 42.7 Å². The highest BCUT2D eigenvalue weighted by atomic mass is 16.2. The summed E-state index contributed by atoms with van der Waals surface area (Å²) in [6.07, 6.45) is 1.78. The number of hydrogen-bond donors (Lipinski definition) is 1. The molecule has 2 N–H and O–H groups in total. The lowest BCUT2D eigenvalue weighted by Crippen LogP contribution is -2.42. The van der Waals surface area contributed by atoms with Crippen molar-refractivity contribution in [3.63, 3.8) is 0 Å². The average Bonchev–Trinajstić information content (AvgIpc) is 2.82. The predicted octanol–water partition coefficient (Wildman–Crippen LogP) is 2.97. The summed E-state index contributed by atoms with van der Waals surface area (Å²) in [4.78, 5) is 14.8. The van der Waals surface area contributed by atoms with E-state index in [-0.39, 0.29) is 11.9 Å². The fourth-order valence-electron chi connectivity index (χ4n) is 3.42. The molecule has 1 aromatic carbocycles. The van der Waals surface area contributed by atoms with Gasteiger partial charge in [0.1, 0.15) is 0 Å². The molecule has 1 aromatic heterocycles. The molecule has 1 aliphatic rings. The van der Waals surface area contributed by atoms with Gasteiger partial charge in [0.15, 0.2) is 0 Å². The van der Waals surface area contributed by atoms with Gasteiger partial charge in [0.2, 0.25) is 0 Å². The number of hydrogen-bond acceptors (Lipinski definition) is 2. The monoisotopic (exact) mass is 311 g/mol. The van der Waals surface area contributed by atoms with Crippen LogP contribution in [0.15, 0.2) is 30.3 Å². The van der Waals surface area contributed by atoms with Crippen molar-refractivity contribution in [1.82, 2.24) is 9.47 Å². The van der Waals surface area contributed by atoms with Crippen molar-refractivity contribution in [2.45, 2.75) is 39.7 Å². The Morgan fingerprint density at radius 2 is 1.83 bits per heavy atom. The maximum atomic E-state index is 12.9. The molecule has 1 fully saturated rings. The van der Waals surface area contributed by atoms with Gasteiger partial charge in [-0.05, 0) is 57.4 Å². The molecule has 4 nitrogen and oxygen atoms in total. The summed E-state index contributed by atoms with van der Waals surface area (Å²) < 4.78 is 2.16. The number of rotatable bonds is 2. The van der Waals surface area contributed by atoms with Gasteiger partial charge in [-0.3, -0.25) is 4.79 Å². The zero-order valence-electron chi connectivity index (χ0n) is 14.2. The van der Waals surface area contributed by atoms with Gasteiger partial charge in [-0.15, -0.1) is 0 Å². The molecule has 1 amide bonds. The van der Waals surface area contributed by atoms with Gasteiger partial charge < -0.3 is 15.2 Å². The lowest BCUT2D eigenvalue weighted by atomic mass is 10.1. The average molecular weight is 311 g/mol. The second-order valence-corrected chi connectivity index (χ2v) is 6.59. The summed E-state index contributed by atoms with van der Waals surface area (Å²) in [6, 6.07) is 10.6. The molecule has 0 unspecified atom stereocenters. The van der Waals surface area contributed by atoms with E-state index < -0.39 is 0 Å². The van der Waals surface area contributed by atoms with Crippen LogP contribution in [-0.4, -0.2) is 34.5 Å². The SMILES string of the molecule is Cc1cccc(-n2c(C)cc(C(=O)N3CCC(N)CC3)c2C)c1. The van der Waals surface area contributed by atoms with Crippen molar-refractivity contribution in [2.24, 2.45) is 5.73 Å². The van der Waals surface area contributed by atoms with Crippen molar-refractivity contribution in [3.05, 3.63) is 52.8 Å². The van der Waals surface area contributed by atoms with Crippen molar-refractivity contribution >= 4 is 5.91 Å². The summed E-state index contributed by atoms with van der Waals surface area (Å²) >= 11 is 0. The first kappa shape index (κ1) is 15.8. The number of benzene rings is 1. The molecule has 2 aromatic rings. The Bertz CT molecular complexity index is 724. The quantitative estimate of drug-likeness (QED) is 0.927. The van der Waals surface area contributed by atoms with Crippen molar-refractivity contribution in [2.75, 3.05) is 13.1 Å². The van der Waals surface area contributed by atoms with Crippen molar-refractivity contribution in [1.29, 1.82) is 0 Å². The molecule has 23 heavy (non-hydrogen) atoms. The van der Waals surface area contributed by atoms with Crippen molar-refractivity contribution in [3.8, 4) is 5.69 Å². The van der Waals surface area contributed by atoms with Crippen LogP contribution in [0.3, 0.4) is 0 Å². The standard InChI is InChI=1S/C19H25N3O/c1-13-5-4-6-17(11-13)22-14(2)12-18(15(22)3)19(23)21-9-7-16(20)8-10-21/h4-6,11-12,16H,7-10,20H2,1-3H3. The molecule has 2 heterocycles. The first-order chi connectivity index (χ1) is 11.0. The van der Waals surface area contributed by atoms with Gasteiger partial charge in [-0.25, -0.2) is 0 Å². The van der Waals surface area contributed by atoms with Crippen LogP contribution in [0.25, 0.3) is 5.69 Å². The molecule has 0 radical (unpaired) electrons. The number of piperidine rings is 1. The third-order valence-corrected chi connectivity index (χ3v) is 4.75. The van der Waals surface area contributed by atoms with E-state index in [9.17, 15) is 4.79 Å². The number of nitrogens with zero attached hydrogens (tertiary/aromatic N) is 2. The Morgan fingerprint density at radius 3 is 2.48 bits per heavy atom. The molecule has 0 bridgehead atoms. The fourth-order valence-corrected chi connectivity index (χ4v) is 3.42. The van der Waals surface area contributed by atoms with E-state index in [1.54, 1.807) is 0 Å². The number of carbonyl (C=O) groups excluding carboxylic acids is 1. The van der Waals surface area contributed by atoms with E-state index in [0.717, 1.165) is 48.6 Å². The minimum Gasteiger partial charge on any atom is -0.338 e. The highest BCUT2D eigenvalue weighted by Gasteiger charge is 2.25. The maximum Gasteiger partial charge on any atom is 0.255 e. The third-order valence-electron chi connectivity index (χ3n) is 4.75. The predicted molar refractivity (Wildman–Crippen MR) is 93.1 cm³/mol. The molecule has 4 heteroatoms. The highest BCUT2D eigenvalue weighted by Crippen LogP contribution is 2.23. The van der Waals surface area contributed by atoms with E-state index in [4.69, 9.17) is 5.73 Å². The topological polar surface area (TPSA) is 51.3 Å². The summed E-state index contributed by atoms with van der Waals surface area (Å²) in [5.41, 5.74) is 11.2. The van der Waals surface area contributed by atoms with E-state index in [1.165, 1.54) is 5.56 Å². The fraction of sp³-hybridized carbons (Fsp3) is 0.421. The Balaban J connectivity index is 1.93. The van der Waals surface area contributed by atoms with E-state index in [0.29, 0.717) is 0 Å². The zero-order valence-corrected chi connectivity index (χ0v) is 14.2. The van der Waals surface area contributed by atoms with Gasteiger partial charge in [0.05, 0.1) is 5.56 Å². The van der Waals surface area contributed by atoms with Crippen LogP contribution >= 0.6 is 0 Å². The summed E-state index contributed by atoms with van der Waals surface area (Å²) in [5, 5.41) is 0. The van der Waals surface area contributed by atoms with Crippen LogP contribution in [0.4, 0.5) is 0 Å². The maximum absolute atomic E-state index is 12.9. The van der Waals surface area contributed by atoms with Gasteiger partial charge in [-0.1, -0.05) is 12.1 Å². The van der Waals surface area contributed by atoms with Gasteiger partial charge in [0.25, 0.3) is 5.91 Å². The van der Waals surface area contributed by atoms with Gasteiger partial charge in [0, 0.05) is 36.2 Å². The largest absolute Gasteiger partial charge is 0.338 e.